The fourth-order valence-electron chi connectivity index (χ4n) is 2.78. The number of aromatic nitrogens is 2. The molecule has 1 saturated heterocycles. The Labute approximate surface area is 146 Å². The van der Waals surface area contributed by atoms with E-state index in [9.17, 15) is 4.79 Å². The first-order valence-corrected chi connectivity index (χ1v) is 8.26. The van der Waals surface area contributed by atoms with Gasteiger partial charge in [-0.1, -0.05) is 11.6 Å². The van der Waals surface area contributed by atoms with Gasteiger partial charge in [-0.15, -0.1) is 0 Å². The van der Waals surface area contributed by atoms with Crippen molar-refractivity contribution < 1.29 is 4.79 Å². The monoisotopic (exact) mass is 345 g/mol. The Morgan fingerprint density at radius 2 is 2.17 bits per heavy atom. The summed E-state index contributed by atoms with van der Waals surface area (Å²) in [5.41, 5.74) is 1.90. The highest BCUT2D eigenvalue weighted by Gasteiger charge is 2.25. The highest BCUT2D eigenvalue weighted by Crippen LogP contribution is 2.22. The molecule has 0 spiro atoms. The van der Waals surface area contributed by atoms with Crippen LogP contribution in [-0.4, -0.2) is 47.1 Å². The van der Waals surface area contributed by atoms with Crippen LogP contribution in [0.2, 0.25) is 5.02 Å². The molecule has 1 fully saturated rings. The average Bonchev–Trinajstić information content (AvgIpc) is 3.05. The Morgan fingerprint density at radius 3 is 2.88 bits per heavy atom. The summed E-state index contributed by atoms with van der Waals surface area (Å²) in [6, 6.07) is 7.83. The Balaban J connectivity index is 1.51. The maximum Gasteiger partial charge on any atom is 0.317 e. The number of carbonyl (C=O) groups is 1. The molecule has 1 aliphatic rings. The minimum atomic E-state index is -0.0939. The minimum Gasteiger partial charge on any atom is -0.369 e. The molecule has 1 atom stereocenters. The van der Waals surface area contributed by atoms with E-state index in [1.165, 1.54) is 0 Å². The van der Waals surface area contributed by atoms with Crippen molar-refractivity contribution in [3.05, 3.63) is 53.6 Å². The first kappa shape index (κ1) is 16.5. The number of hydrogen-bond acceptors (Lipinski definition) is 4. The molecule has 6 nitrogen and oxygen atoms in total. The fraction of sp³-hybridized carbons (Fsp3) is 0.353. The van der Waals surface area contributed by atoms with Crippen molar-refractivity contribution in [3.8, 4) is 0 Å². The van der Waals surface area contributed by atoms with E-state index < -0.39 is 0 Å². The molecule has 24 heavy (non-hydrogen) atoms. The number of nitrogens with zero attached hydrogens (tertiary/aromatic N) is 4. The lowest BCUT2D eigenvalue weighted by molar-refractivity contribution is 0.203. The van der Waals surface area contributed by atoms with Gasteiger partial charge in [0.15, 0.2) is 0 Å². The second-order valence-electron chi connectivity index (χ2n) is 5.91. The number of hydrogen-bond donors (Lipinski definition) is 1. The van der Waals surface area contributed by atoms with Crippen molar-refractivity contribution in [3.63, 3.8) is 0 Å². The van der Waals surface area contributed by atoms with Crippen LogP contribution in [0.1, 0.15) is 12.1 Å². The lowest BCUT2D eigenvalue weighted by Crippen LogP contribution is -2.44. The van der Waals surface area contributed by atoms with E-state index in [2.05, 4.69) is 20.2 Å². The average molecular weight is 346 g/mol. The molecule has 126 valence electrons. The molecule has 0 saturated carbocycles. The topological polar surface area (TPSA) is 61.4 Å². The number of urea groups is 1. The maximum absolute atomic E-state index is 12.3. The van der Waals surface area contributed by atoms with Gasteiger partial charge in [-0.25, -0.2) is 4.79 Å². The molecular formula is C17H20ClN5O. The van der Waals surface area contributed by atoms with E-state index in [-0.39, 0.29) is 12.1 Å². The third kappa shape index (κ3) is 4.14. The van der Waals surface area contributed by atoms with Crippen LogP contribution < -0.4 is 10.2 Å². The van der Waals surface area contributed by atoms with Gasteiger partial charge in [-0.3, -0.25) is 9.97 Å². The molecule has 0 unspecified atom stereocenters. The van der Waals surface area contributed by atoms with Crippen molar-refractivity contribution >= 4 is 23.3 Å². The summed E-state index contributed by atoms with van der Waals surface area (Å²) in [7, 11) is 1.76. The van der Waals surface area contributed by atoms with E-state index in [1.54, 1.807) is 30.5 Å². The molecule has 2 amide bonds. The fourth-order valence-corrected chi connectivity index (χ4v) is 2.90. The number of carbonyl (C=O) groups excluding carboxylic acids is 1. The van der Waals surface area contributed by atoms with Crippen LogP contribution in [0.15, 0.2) is 42.9 Å². The van der Waals surface area contributed by atoms with E-state index in [0.29, 0.717) is 6.54 Å². The predicted octanol–water partition coefficient (Wildman–Crippen LogP) is 2.55. The molecule has 1 N–H and O–H groups in total. The molecule has 0 bridgehead atoms. The summed E-state index contributed by atoms with van der Waals surface area (Å²) in [6.07, 6.45) is 5.84. The van der Waals surface area contributed by atoms with Crippen LogP contribution in [0.3, 0.4) is 0 Å². The summed E-state index contributed by atoms with van der Waals surface area (Å²) in [4.78, 5) is 24.4. The number of rotatable bonds is 4. The van der Waals surface area contributed by atoms with E-state index in [1.807, 2.05) is 24.3 Å². The normalized spacial score (nSPS) is 16.9. The molecule has 3 rings (SSSR count). The largest absolute Gasteiger partial charge is 0.369 e. The summed E-state index contributed by atoms with van der Waals surface area (Å²) in [5, 5.41) is 3.81. The van der Waals surface area contributed by atoms with Gasteiger partial charge in [0.2, 0.25) is 0 Å². The first-order chi connectivity index (χ1) is 11.6. The lowest BCUT2D eigenvalue weighted by Gasteiger charge is -2.22. The smallest absolute Gasteiger partial charge is 0.317 e. The second kappa shape index (κ2) is 7.49. The molecule has 7 heteroatoms. The minimum absolute atomic E-state index is 0.0939. The summed E-state index contributed by atoms with van der Waals surface area (Å²) in [5.74, 6) is 0. The highest BCUT2D eigenvalue weighted by molar-refractivity contribution is 6.30. The molecule has 2 aromatic rings. The Kier molecular flexibility index (Phi) is 5.15. The third-order valence-electron chi connectivity index (χ3n) is 4.07. The van der Waals surface area contributed by atoms with Crippen molar-refractivity contribution in [2.24, 2.45) is 0 Å². The SMILES string of the molecule is CN(Cc1cnccn1)C(=O)N[C@@H]1CCN(c2ccc(Cl)cc2)C1. The molecule has 2 heterocycles. The van der Waals surface area contributed by atoms with Gasteiger partial charge in [0, 0.05) is 49.3 Å². The van der Waals surface area contributed by atoms with Gasteiger partial charge in [0.1, 0.15) is 0 Å². The van der Waals surface area contributed by atoms with Crippen LogP contribution >= 0.6 is 11.6 Å². The molecular weight excluding hydrogens is 326 g/mol. The van der Waals surface area contributed by atoms with Crippen molar-refractivity contribution in [2.45, 2.75) is 19.0 Å². The number of halogens is 1. The first-order valence-electron chi connectivity index (χ1n) is 7.89. The maximum atomic E-state index is 12.3. The molecule has 1 aromatic heterocycles. The zero-order chi connectivity index (χ0) is 16.9. The Morgan fingerprint density at radius 1 is 1.38 bits per heavy atom. The van der Waals surface area contributed by atoms with Gasteiger partial charge >= 0.3 is 6.03 Å². The standard InChI is InChI=1S/C17H20ClN5O/c1-22(11-15-10-19-7-8-20-15)17(24)21-14-6-9-23(12-14)16-4-2-13(18)3-5-16/h2-5,7-8,10,14H,6,9,11-12H2,1H3,(H,21,24)/t14-/m1/s1. The quantitative estimate of drug-likeness (QED) is 0.925. The van der Waals surface area contributed by atoms with Gasteiger partial charge in [0.25, 0.3) is 0 Å². The number of nitrogens with one attached hydrogen (secondary N) is 1. The predicted molar refractivity (Wildman–Crippen MR) is 94.1 cm³/mol. The number of amides is 2. The van der Waals surface area contributed by atoms with E-state index >= 15 is 0 Å². The lowest BCUT2D eigenvalue weighted by atomic mass is 10.2. The molecule has 1 aromatic carbocycles. The zero-order valence-corrected chi connectivity index (χ0v) is 14.3. The van der Waals surface area contributed by atoms with Crippen LogP contribution in [-0.2, 0) is 6.54 Å². The Bertz CT molecular complexity index is 679. The zero-order valence-electron chi connectivity index (χ0n) is 13.5. The molecule has 0 radical (unpaired) electrons. The van der Waals surface area contributed by atoms with Crippen molar-refractivity contribution in [1.82, 2.24) is 20.2 Å². The van der Waals surface area contributed by atoms with Gasteiger partial charge < -0.3 is 15.1 Å². The number of anilines is 1. The van der Waals surface area contributed by atoms with Crippen LogP contribution in [0, 0.1) is 0 Å². The van der Waals surface area contributed by atoms with Crippen LogP contribution in [0.4, 0.5) is 10.5 Å². The summed E-state index contributed by atoms with van der Waals surface area (Å²) >= 11 is 5.93. The van der Waals surface area contributed by atoms with Crippen molar-refractivity contribution in [1.29, 1.82) is 0 Å². The summed E-state index contributed by atoms with van der Waals surface area (Å²) < 4.78 is 0. The highest BCUT2D eigenvalue weighted by atomic mass is 35.5. The third-order valence-corrected chi connectivity index (χ3v) is 4.32. The molecule has 1 aliphatic heterocycles. The van der Waals surface area contributed by atoms with Crippen LogP contribution in [0.25, 0.3) is 0 Å². The summed E-state index contributed by atoms with van der Waals surface area (Å²) in [6.45, 7) is 2.15. The van der Waals surface area contributed by atoms with Crippen LogP contribution in [0.5, 0.6) is 0 Å². The molecule has 0 aliphatic carbocycles. The van der Waals surface area contributed by atoms with Gasteiger partial charge in [-0.2, -0.15) is 0 Å². The number of benzene rings is 1. The Hall–Kier alpha value is -2.34. The van der Waals surface area contributed by atoms with E-state index in [0.717, 1.165) is 35.9 Å². The second-order valence-corrected chi connectivity index (χ2v) is 6.35. The van der Waals surface area contributed by atoms with Crippen molar-refractivity contribution in [2.75, 3.05) is 25.0 Å². The van der Waals surface area contributed by atoms with Gasteiger partial charge in [0.05, 0.1) is 18.4 Å². The van der Waals surface area contributed by atoms with Gasteiger partial charge in [-0.05, 0) is 30.7 Å². The van der Waals surface area contributed by atoms with E-state index in [4.69, 9.17) is 11.6 Å².